The van der Waals surface area contributed by atoms with Crippen molar-refractivity contribution in [2.24, 2.45) is 5.16 Å². The molecule has 0 spiro atoms. The van der Waals surface area contributed by atoms with Gasteiger partial charge in [-0.1, -0.05) is 11.2 Å². The molecule has 2 amide bonds. The van der Waals surface area contributed by atoms with Gasteiger partial charge in [0.25, 0.3) is 0 Å². The van der Waals surface area contributed by atoms with E-state index in [0.29, 0.717) is 18.8 Å². The molecule has 1 aromatic heterocycles. The molecule has 1 fully saturated rings. The molecule has 1 N–H and O–H groups in total. The van der Waals surface area contributed by atoms with Crippen LogP contribution in [0.2, 0.25) is 0 Å². The van der Waals surface area contributed by atoms with Crippen LogP contribution in [0, 0.1) is 0 Å². The van der Waals surface area contributed by atoms with Crippen LogP contribution < -0.4 is 0 Å². The summed E-state index contributed by atoms with van der Waals surface area (Å²) in [7, 11) is 0. The van der Waals surface area contributed by atoms with Crippen molar-refractivity contribution < 1.29 is 14.8 Å². The van der Waals surface area contributed by atoms with Gasteiger partial charge in [-0.3, -0.25) is 4.84 Å². The van der Waals surface area contributed by atoms with E-state index in [0.717, 1.165) is 11.3 Å². The lowest BCUT2D eigenvalue weighted by Crippen LogP contribution is -2.33. The summed E-state index contributed by atoms with van der Waals surface area (Å²) >= 11 is 0. The Balaban J connectivity index is 1.83. The van der Waals surface area contributed by atoms with Crippen molar-refractivity contribution in [1.82, 2.24) is 19.7 Å². The molecule has 8 nitrogen and oxygen atoms in total. The van der Waals surface area contributed by atoms with Crippen LogP contribution in [0.3, 0.4) is 0 Å². The first-order valence-electron chi connectivity index (χ1n) is 6.90. The van der Waals surface area contributed by atoms with Crippen LogP contribution in [0.15, 0.2) is 36.3 Å². The number of oxime groups is 1. The van der Waals surface area contributed by atoms with Crippen molar-refractivity contribution in [3.05, 3.63) is 36.7 Å². The monoisotopic (exact) mass is 303 g/mol. The van der Waals surface area contributed by atoms with Crippen molar-refractivity contribution in [3.8, 4) is 0 Å². The van der Waals surface area contributed by atoms with E-state index in [4.69, 9.17) is 10.0 Å². The number of urea groups is 1. The van der Waals surface area contributed by atoms with E-state index >= 15 is 0 Å². The number of hydrogen-bond donors (Lipinski definition) is 1. The van der Waals surface area contributed by atoms with Crippen LogP contribution >= 0.6 is 0 Å². The van der Waals surface area contributed by atoms with Crippen molar-refractivity contribution in [1.29, 1.82) is 0 Å². The number of carbonyl (C=O) groups is 1. The van der Waals surface area contributed by atoms with Gasteiger partial charge in [-0.2, -0.15) is 10.2 Å². The number of hydrogen-bond acceptors (Lipinski definition) is 5. The standard InChI is InChI=1S/C14H17N5O3/c1-3-4-22-19-13-5-12(8-17(9-13)14(19)20)18-7-11(6-15-18)10(2)16-21/h3,5-7,13,21H,1,4,8-9H2,2H3/b16-10+. The summed E-state index contributed by atoms with van der Waals surface area (Å²) in [5, 5.41) is 17.6. The lowest BCUT2D eigenvalue weighted by molar-refractivity contribution is -0.107. The van der Waals surface area contributed by atoms with Crippen molar-refractivity contribution in [2.75, 3.05) is 19.7 Å². The number of rotatable bonds is 5. The lowest BCUT2D eigenvalue weighted by Gasteiger charge is -2.21. The molecule has 3 rings (SSSR count). The number of amides is 2. The molecule has 3 heterocycles. The first-order valence-corrected chi connectivity index (χ1v) is 6.90. The second kappa shape index (κ2) is 5.64. The van der Waals surface area contributed by atoms with Gasteiger partial charge < -0.3 is 10.1 Å². The number of fused-ring (bicyclic) bond motifs is 2. The second-order valence-corrected chi connectivity index (χ2v) is 5.16. The van der Waals surface area contributed by atoms with E-state index in [1.54, 1.807) is 35.0 Å². The summed E-state index contributed by atoms with van der Waals surface area (Å²) in [6, 6.07) is -0.296. The maximum atomic E-state index is 12.2. The molecule has 1 aromatic rings. The lowest BCUT2D eigenvalue weighted by atomic mass is 10.2. The highest BCUT2D eigenvalue weighted by molar-refractivity contribution is 5.98. The summed E-state index contributed by atoms with van der Waals surface area (Å²) in [5.74, 6) is 0. The van der Waals surface area contributed by atoms with Gasteiger partial charge in [0, 0.05) is 18.3 Å². The minimum atomic E-state index is -0.154. The molecule has 2 aliphatic rings. The second-order valence-electron chi connectivity index (χ2n) is 5.16. The molecular weight excluding hydrogens is 286 g/mol. The molecule has 0 aromatic carbocycles. The quantitative estimate of drug-likeness (QED) is 0.383. The Morgan fingerprint density at radius 1 is 1.68 bits per heavy atom. The molecule has 0 saturated carbocycles. The average Bonchev–Trinajstić information content (AvgIpc) is 3.10. The Bertz CT molecular complexity index is 663. The van der Waals surface area contributed by atoms with Crippen LogP contribution in [0.1, 0.15) is 12.5 Å². The summed E-state index contributed by atoms with van der Waals surface area (Å²) in [6.45, 7) is 6.63. The first-order chi connectivity index (χ1) is 10.6. The molecule has 116 valence electrons. The van der Waals surface area contributed by atoms with Crippen LogP contribution in [-0.2, 0) is 4.84 Å². The van der Waals surface area contributed by atoms with E-state index in [9.17, 15) is 4.79 Å². The van der Waals surface area contributed by atoms with Gasteiger partial charge in [-0.25, -0.2) is 9.48 Å². The average molecular weight is 303 g/mol. The predicted molar refractivity (Wildman–Crippen MR) is 79.2 cm³/mol. The summed E-state index contributed by atoms with van der Waals surface area (Å²) in [5.41, 5.74) is 2.09. The number of nitrogens with zero attached hydrogens (tertiary/aromatic N) is 5. The molecule has 1 unspecified atom stereocenters. The van der Waals surface area contributed by atoms with Gasteiger partial charge in [0.05, 0.1) is 36.8 Å². The highest BCUT2D eigenvalue weighted by Gasteiger charge is 2.41. The predicted octanol–water partition coefficient (Wildman–Crippen LogP) is 1.16. The van der Waals surface area contributed by atoms with Gasteiger partial charge >= 0.3 is 6.03 Å². The van der Waals surface area contributed by atoms with Crippen LogP contribution in [0.5, 0.6) is 0 Å². The zero-order valence-corrected chi connectivity index (χ0v) is 12.2. The normalized spacial score (nSPS) is 21.3. The maximum Gasteiger partial charge on any atom is 0.345 e. The van der Waals surface area contributed by atoms with Crippen molar-refractivity contribution in [3.63, 3.8) is 0 Å². The third-order valence-corrected chi connectivity index (χ3v) is 3.68. The molecule has 0 aliphatic carbocycles. The van der Waals surface area contributed by atoms with E-state index in [1.807, 2.05) is 6.08 Å². The van der Waals surface area contributed by atoms with Crippen molar-refractivity contribution >= 4 is 17.4 Å². The summed E-state index contributed by atoms with van der Waals surface area (Å²) in [6.07, 6.45) is 6.96. The molecule has 2 aliphatic heterocycles. The molecule has 1 atom stereocenters. The van der Waals surface area contributed by atoms with Crippen molar-refractivity contribution in [2.45, 2.75) is 13.0 Å². The molecule has 2 bridgehead atoms. The van der Waals surface area contributed by atoms with Gasteiger partial charge in [-0.05, 0) is 13.0 Å². The van der Waals surface area contributed by atoms with Crippen LogP contribution in [-0.4, -0.2) is 62.4 Å². The van der Waals surface area contributed by atoms with E-state index in [1.165, 1.54) is 5.06 Å². The number of aromatic nitrogens is 2. The zero-order valence-electron chi connectivity index (χ0n) is 12.2. The fraction of sp³-hybridized carbons (Fsp3) is 0.357. The Kier molecular flexibility index (Phi) is 3.68. The van der Waals surface area contributed by atoms with Gasteiger partial charge in [-0.15, -0.1) is 6.58 Å². The highest BCUT2D eigenvalue weighted by Crippen LogP contribution is 2.26. The Labute approximate surface area is 127 Å². The SMILES string of the molecule is C=CCON1C(=O)N2CC(n3cc(/C(C)=N/O)cn3)=CC1C2. The van der Waals surface area contributed by atoms with Crippen LogP contribution in [0.25, 0.3) is 5.70 Å². The van der Waals surface area contributed by atoms with Gasteiger partial charge in [0.15, 0.2) is 0 Å². The highest BCUT2D eigenvalue weighted by atomic mass is 16.7. The number of carbonyl (C=O) groups excluding carboxylic acids is 1. The Morgan fingerprint density at radius 2 is 2.50 bits per heavy atom. The number of hydroxylamine groups is 2. The summed E-state index contributed by atoms with van der Waals surface area (Å²) in [4.78, 5) is 19.3. The third kappa shape index (κ3) is 2.37. The summed E-state index contributed by atoms with van der Waals surface area (Å²) < 4.78 is 1.69. The Hall–Kier alpha value is -2.61. The minimum absolute atomic E-state index is 0.142. The minimum Gasteiger partial charge on any atom is -0.411 e. The molecular formula is C14H17N5O3. The van der Waals surface area contributed by atoms with E-state index < -0.39 is 0 Å². The molecule has 0 radical (unpaired) electrons. The first kappa shape index (κ1) is 14.3. The van der Waals surface area contributed by atoms with E-state index in [-0.39, 0.29) is 18.7 Å². The maximum absolute atomic E-state index is 12.2. The van der Waals surface area contributed by atoms with Gasteiger partial charge in [0.2, 0.25) is 0 Å². The van der Waals surface area contributed by atoms with Crippen LogP contribution in [0.4, 0.5) is 4.79 Å². The Morgan fingerprint density at radius 3 is 3.23 bits per heavy atom. The molecule has 22 heavy (non-hydrogen) atoms. The smallest absolute Gasteiger partial charge is 0.345 e. The fourth-order valence-corrected chi connectivity index (χ4v) is 2.54. The zero-order chi connectivity index (χ0) is 15.7. The topological polar surface area (TPSA) is 83.2 Å². The third-order valence-electron chi connectivity index (χ3n) is 3.68. The van der Waals surface area contributed by atoms with Gasteiger partial charge in [0.1, 0.15) is 0 Å². The molecule has 8 heteroatoms. The van der Waals surface area contributed by atoms with E-state index in [2.05, 4.69) is 16.8 Å². The largest absolute Gasteiger partial charge is 0.411 e. The fourth-order valence-electron chi connectivity index (χ4n) is 2.54. The molecule has 1 saturated heterocycles.